The average molecular weight is 378 g/mol. The second-order valence-electron chi connectivity index (χ2n) is 7.99. The number of aliphatic imine (C=N–C) groups is 1. The molecule has 6 heteroatoms. The molecule has 6 nitrogen and oxygen atoms in total. The normalized spacial score (nSPS) is 19.0. The Morgan fingerprint density at radius 3 is 2.85 bits per heavy atom. The fourth-order valence-corrected chi connectivity index (χ4v) is 2.79. The molecule has 1 aliphatic heterocycles. The Kier molecular flexibility index (Phi) is 8.38. The van der Waals surface area contributed by atoms with Crippen LogP contribution in [-0.2, 0) is 14.9 Å². The van der Waals surface area contributed by atoms with E-state index < -0.39 is 0 Å². The van der Waals surface area contributed by atoms with Gasteiger partial charge in [0.05, 0.1) is 25.9 Å². The van der Waals surface area contributed by atoms with E-state index in [4.69, 9.17) is 14.2 Å². The van der Waals surface area contributed by atoms with Gasteiger partial charge in [0.1, 0.15) is 12.4 Å². The quantitative estimate of drug-likeness (QED) is 0.414. The van der Waals surface area contributed by atoms with Crippen LogP contribution in [0.3, 0.4) is 0 Å². The number of hydrogen-bond acceptors (Lipinski definition) is 4. The van der Waals surface area contributed by atoms with Gasteiger partial charge in [-0.3, -0.25) is 4.99 Å². The Hall–Kier alpha value is -1.79. The molecule has 0 radical (unpaired) electrons. The van der Waals surface area contributed by atoms with Crippen molar-refractivity contribution in [3.63, 3.8) is 0 Å². The zero-order valence-electron chi connectivity index (χ0n) is 17.4. The summed E-state index contributed by atoms with van der Waals surface area (Å²) >= 11 is 0. The minimum Gasteiger partial charge on any atom is -0.492 e. The molecule has 152 valence electrons. The van der Waals surface area contributed by atoms with Gasteiger partial charge in [-0.05, 0) is 36.5 Å². The van der Waals surface area contributed by atoms with Crippen molar-refractivity contribution in [3.05, 3.63) is 29.8 Å². The zero-order chi connectivity index (χ0) is 19.7. The van der Waals surface area contributed by atoms with Gasteiger partial charge in [-0.1, -0.05) is 32.9 Å². The van der Waals surface area contributed by atoms with Gasteiger partial charge in [0.25, 0.3) is 0 Å². The lowest BCUT2D eigenvalue weighted by molar-refractivity contribution is 0.0347. The van der Waals surface area contributed by atoms with E-state index in [2.05, 4.69) is 55.5 Å². The standard InChI is InChI=1S/C21H35N3O3/c1-16(14-27-19-9-11-25-15-19)24-20(22-5)23-10-12-26-18-8-6-7-17(13-18)21(2,3)4/h6-8,13,16,19H,9-12,14-15H2,1-5H3,(H2,22,23,24). The summed E-state index contributed by atoms with van der Waals surface area (Å²) in [5.74, 6) is 1.65. The van der Waals surface area contributed by atoms with Crippen molar-refractivity contribution in [1.29, 1.82) is 0 Å². The third-order valence-corrected chi connectivity index (χ3v) is 4.44. The van der Waals surface area contributed by atoms with Crippen LogP contribution in [-0.4, -0.2) is 58.1 Å². The van der Waals surface area contributed by atoms with Crippen LogP contribution >= 0.6 is 0 Å². The van der Waals surface area contributed by atoms with Crippen molar-refractivity contribution in [1.82, 2.24) is 10.6 Å². The van der Waals surface area contributed by atoms with Crippen molar-refractivity contribution in [2.45, 2.75) is 51.7 Å². The van der Waals surface area contributed by atoms with Crippen LogP contribution in [0.15, 0.2) is 29.3 Å². The molecular weight excluding hydrogens is 342 g/mol. The second-order valence-corrected chi connectivity index (χ2v) is 7.99. The molecule has 0 bridgehead atoms. The molecule has 1 heterocycles. The SMILES string of the molecule is CN=C(NCCOc1cccc(C(C)(C)C)c1)NC(C)COC1CCOC1. The van der Waals surface area contributed by atoms with Crippen LogP contribution in [0.2, 0.25) is 0 Å². The fraction of sp³-hybridized carbons (Fsp3) is 0.667. The van der Waals surface area contributed by atoms with Crippen LogP contribution in [0.1, 0.15) is 39.7 Å². The molecule has 2 N–H and O–H groups in total. The van der Waals surface area contributed by atoms with E-state index in [-0.39, 0.29) is 17.6 Å². The van der Waals surface area contributed by atoms with Gasteiger partial charge in [0, 0.05) is 19.7 Å². The Labute approximate surface area is 163 Å². The molecule has 27 heavy (non-hydrogen) atoms. The molecule has 2 unspecified atom stereocenters. The molecule has 1 aromatic carbocycles. The summed E-state index contributed by atoms with van der Waals surface area (Å²) in [7, 11) is 1.77. The summed E-state index contributed by atoms with van der Waals surface area (Å²) in [5.41, 5.74) is 1.39. The summed E-state index contributed by atoms with van der Waals surface area (Å²) in [6.45, 7) is 12.1. The lowest BCUT2D eigenvalue weighted by Gasteiger charge is -2.20. The number of ether oxygens (including phenoxy) is 3. The topological polar surface area (TPSA) is 64.1 Å². The first-order valence-corrected chi connectivity index (χ1v) is 9.78. The third-order valence-electron chi connectivity index (χ3n) is 4.44. The van der Waals surface area contributed by atoms with Crippen LogP contribution in [0.4, 0.5) is 0 Å². The molecule has 2 rings (SSSR count). The molecule has 2 atom stereocenters. The highest BCUT2D eigenvalue weighted by atomic mass is 16.5. The first kappa shape index (κ1) is 21.5. The van der Waals surface area contributed by atoms with E-state index in [0.29, 0.717) is 26.4 Å². The first-order valence-electron chi connectivity index (χ1n) is 9.78. The lowest BCUT2D eigenvalue weighted by Crippen LogP contribution is -2.45. The number of rotatable bonds is 8. The van der Waals surface area contributed by atoms with Crippen molar-refractivity contribution < 1.29 is 14.2 Å². The fourth-order valence-electron chi connectivity index (χ4n) is 2.79. The minimum absolute atomic E-state index is 0.117. The predicted octanol–water partition coefficient (Wildman–Crippen LogP) is 2.72. The number of benzene rings is 1. The van der Waals surface area contributed by atoms with E-state index in [0.717, 1.165) is 24.7 Å². The Bertz CT molecular complexity index is 593. The van der Waals surface area contributed by atoms with Crippen molar-refractivity contribution >= 4 is 5.96 Å². The molecule has 0 amide bonds. The number of hydrogen-bond donors (Lipinski definition) is 2. The van der Waals surface area contributed by atoms with E-state index >= 15 is 0 Å². The van der Waals surface area contributed by atoms with Crippen molar-refractivity contribution in [2.24, 2.45) is 4.99 Å². The molecule has 0 aromatic heterocycles. The van der Waals surface area contributed by atoms with Gasteiger partial charge in [-0.15, -0.1) is 0 Å². The summed E-state index contributed by atoms with van der Waals surface area (Å²) in [6, 6.07) is 8.45. The lowest BCUT2D eigenvalue weighted by atomic mass is 9.87. The Balaban J connectivity index is 1.67. The molecule has 0 saturated carbocycles. The third kappa shape index (κ3) is 7.77. The van der Waals surface area contributed by atoms with E-state index in [1.54, 1.807) is 7.05 Å². The Morgan fingerprint density at radius 2 is 2.19 bits per heavy atom. The molecule has 1 aromatic rings. The molecule has 0 aliphatic carbocycles. The van der Waals surface area contributed by atoms with Gasteiger partial charge >= 0.3 is 0 Å². The zero-order valence-corrected chi connectivity index (χ0v) is 17.4. The number of guanidine groups is 1. The molecule has 1 aliphatic rings. The second kappa shape index (κ2) is 10.5. The molecule has 0 spiro atoms. The number of nitrogens with one attached hydrogen (secondary N) is 2. The van der Waals surface area contributed by atoms with E-state index in [1.165, 1.54) is 5.56 Å². The maximum atomic E-state index is 5.87. The van der Waals surface area contributed by atoms with E-state index in [1.807, 2.05) is 12.1 Å². The van der Waals surface area contributed by atoms with Gasteiger partial charge in [-0.25, -0.2) is 0 Å². The predicted molar refractivity (Wildman–Crippen MR) is 110 cm³/mol. The van der Waals surface area contributed by atoms with Crippen LogP contribution in [0.5, 0.6) is 5.75 Å². The largest absolute Gasteiger partial charge is 0.492 e. The van der Waals surface area contributed by atoms with E-state index in [9.17, 15) is 0 Å². The van der Waals surface area contributed by atoms with Crippen LogP contribution in [0.25, 0.3) is 0 Å². The Morgan fingerprint density at radius 1 is 1.37 bits per heavy atom. The van der Waals surface area contributed by atoms with Gasteiger partial charge < -0.3 is 24.8 Å². The summed E-state index contributed by atoms with van der Waals surface area (Å²) < 4.78 is 17.0. The smallest absolute Gasteiger partial charge is 0.191 e. The highest BCUT2D eigenvalue weighted by Gasteiger charge is 2.17. The summed E-state index contributed by atoms with van der Waals surface area (Å²) in [6.07, 6.45) is 1.20. The monoisotopic (exact) mass is 377 g/mol. The van der Waals surface area contributed by atoms with Crippen molar-refractivity contribution in [2.75, 3.05) is 40.0 Å². The number of nitrogens with zero attached hydrogens (tertiary/aromatic N) is 1. The van der Waals surface area contributed by atoms with Crippen LogP contribution < -0.4 is 15.4 Å². The van der Waals surface area contributed by atoms with Gasteiger partial charge in [-0.2, -0.15) is 0 Å². The van der Waals surface area contributed by atoms with Crippen LogP contribution in [0, 0.1) is 0 Å². The maximum absolute atomic E-state index is 5.87. The minimum atomic E-state index is 0.117. The molecule has 1 fully saturated rings. The highest BCUT2D eigenvalue weighted by molar-refractivity contribution is 5.79. The van der Waals surface area contributed by atoms with Gasteiger partial charge in [0.2, 0.25) is 0 Å². The molecular formula is C21H35N3O3. The maximum Gasteiger partial charge on any atom is 0.191 e. The molecule has 1 saturated heterocycles. The summed E-state index contributed by atoms with van der Waals surface area (Å²) in [4.78, 5) is 4.26. The first-order chi connectivity index (χ1) is 12.9. The highest BCUT2D eigenvalue weighted by Crippen LogP contribution is 2.25. The summed E-state index contributed by atoms with van der Waals surface area (Å²) in [5, 5.41) is 6.61. The van der Waals surface area contributed by atoms with Crippen molar-refractivity contribution in [3.8, 4) is 5.75 Å². The van der Waals surface area contributed by atoms with Gasteiger partial charge in [0.15, 0.2) is 5.96 Å². The average Bonchev–Trinajstić information content (AvgIpc) is 3.15.